The van der Waals surface area contributed by atoms with Crippen LogP contribution in [0.3, 0.4) is 0 Å². The summed E-state index contributed by atoms with van der Waals surface area (Å²) in [5.74, 6) is 0. The highest BCUT2D eigenvalue weighted by molar-refractivity contribution is 5.59. The normalized spacial score (nSPS) is 14.1. The largest absolute Gasteiger partial charge is 0.388 e. The highest BCUT2D eigenvalue weighted by Crippen LogP contribution is 2.23. The van der Waals surface area contributed by atoms with E-state index in [2.05, 4.69) is 10.3 Å². The fourth-order valence-electron chi connectivity index (χ4n) is 1.59. The summed E-state index contributed by atoms with van der Waals surface area (Å²) in [5, 5.41) is 23.6. The lowest BCUT2D eigenvalue weighted by atomic mass is 10.0. The Balaban J connectivity index is 2.72. The molecule has 0 aromatic carbocycles. The molecular weight excluding hydrogens is 222 g/mol. The molecule has 0 saturated carbocycles. The molecule has 94 valence electrons. The maximum absolute atomic E-state index is 10.7. The van der Waals surface area contributed by atoms with Crippen LogP contribution >= 0.6 is 0 Å². The molecule has 0 spiro atoms. The predicted octanol–water partition coefficient (Wildman–Crippen LogP) is 1.95. The van der Waals surface area contributed by atoms with Crippen LogP contribution in [0.1, 0.15) is 26.7 Å². The summed E-state index contributed by atoms with van der Waals surface area (Å²) in [6.07, 6.45) is 4.16. The Morgan fingerprint density at radius 1 is 1.65 bits per heavy atom. The van der Waals surface area contributed by atoms with Gasteiger partial charge in [0.2, 0.25) is 0 Å². The van der Waals surface area contributed by atoms with Crippen molar-refractivity contribution in [2.75, 3.05) is 11.9 Å². The van der Waals surface area contributed by atoms with Crippen molar-refractivity contribution in [1.82, 2.24) is 4.98 Å². The molecule has 1 aromatic rings. The van der Waals surface area contributed by atoms with Gasteiger partial charge in [0.05, 0.1) is 10.5 Å². The smallest absolute Gasteiger partial charge is 0.310 e. The molecule has 1 atom stereocenters. The van der Waals surface area contributed by atoms with Crippen LogP contribution in [0, 0.1) is 10.1 Å². The molecule has 6 heteroatoms. The molecule has 6 nitrogen and oxygen atoms in total. The highest BCUT2D eigenvalue weighted by atomic mass is 16.6. The van der Waals surface area contributed by atoms with Crippen molar-refractivity contribution in [3.05, 3.63) is 28.6 Å². The molecular formula is C11H17N3O3. The van der Waals surface area contributed by atoms with Gasteiger partial charge < -0.3 is 10.4 Å². The first-order valence-electron chi connectivity index (χ1n) is 5.51. The lowest BCUT2D eigenvalue weighted by Gasteiger charge is -2.23. The van der Waals surface area contributed by atoms with Crippen LogP contribution in [0.2, 0.25) is 0 Å². The SMILES string of the molecule is CCCC(C)(O)CNc1ccncc1[N+](=O)[O-]. The van der Waals surface area contributed by atoms with E-state index in [0.717, 1.165) is 6.42 Å². The molecule has 1 aromatic heterocycles. The van der Waals surface area contributed by atoms with Crippen LogP contribution in [0.5, 0.6) is 0 Å². The molecule has 0 aliphatic heterocycles. The van der Waals surface area contributed by atoms with Gasteiger partial charge in [0.25, 0.3) is 0 Å². The van der Waals surface area contributed by atoms with E-state index in [0.29, 0.717) is 12.1 Å². The lowest BCUT2D eigenvalue weighted by molar-refractivity contribution is -0.384. The first-order valence-corrected chi connectivity index (χ1v) is 5.51. The molecule has 1 heterocycles. The first-order chi connectivity index (χ1) is 7.96. The summed E-state index contributed by atoms with van der Waals surface area (Å²) in [6, 6.07) is 1.53. The predicted molar refractivity (Wildman–Crippen MR) is 64.9 cm³/mol. The van der Waals surface area contributed by atoms with Gasteiger partial charge in [-0.25, -0.2) is 0 Å². The summed E-state index contributed by atoms with van der Waals surface area (Å²) in [4.78, 5) is 13.9. The van der Waals surface area contributed by atoms with Crippen LogP contribution in [-0.4, -0.2) is 27.2 Å². The van der Waals surface area contributed by atoms with Crippen LogP contribution in [-0.2, 0) is 0 Å². The summed E-state index contributed by atoms with van der Waals surface area (Å²) >= 11 is 0. The van der Waals surface area contributed by atoms with Gasteiger partial charge in [-0.3, -0.25) is 15.1 Å². The zero-order valence-electron chi connectivity index (χ0n) is 10.0. The van der Waals surface area contributed by atoms with Gasteiger partial charge in [-0.2, -0.15) is 0 Å². The van der Waals surface area contributed by atoms with Gasteiger partial charge in [0.15, 0.2) is 0 Å². The molecule has 0 bridgehead atoms. The van der Waals surface area contributed by atoms with E-state index in [1.54, 1.807) is 6.92 Å². The van der Waals surface area contributed by atoms with Crippen molar-refractivity contribution in [3.8, 4) is 0 Å². The maximum Gasteiger partial charge on any atom is 0.310 e. The quantitative estimate of drug-likeness (QED) is 0.585. The number of hydrogen-bond donors (Lipinski definition) is 2. The standard InChI is InChI=1S/C11H17N3O3/c1-3-5-11(2,15)8-13-9-4-6-12-7-10(9)14(16)17/h4,6-7,15H,3,5,8H2,1-2H3,(H,12,13). The summed E-state index contributed by atoms with van der Waals surface area (Å²) < 4.78 is 0. The molecule has 0 saturated heterocycles. The number of nitrogens with zero attached hydrogens (tertiary/aromatic N) is 2. The Bertz CT molecular complexity index is 393. The molecule has 17 heavy (non-hydrogen) atoms. The number of anilines is 1. The Hall–Kier alpha value is -1.69. The number of nitrogens with one attached hydrogen (secondary N) is 1. The van der Waals surface area contributed by atoms with Crippen molar-refractivity contribution in [2.45, 2.75) is 32.3 Å². The molecule has 1 unspecified atom stereocenters. The zero-order chi connectivity index (χ0) is 12.9. The summed E-state index contributed by atoms with van der Waals surface area (Å²) in [6.45, 7) is 3.95. The second kappa shape index (κ2) is 5.58. The third-order valence-electron chi connectivity index (χ3n) is 2.44. The number of hydrogen-bond acceptors (Lipinski definition) is 5. The van der Waals surface area contributed by atoms with Crippen molar-refractivity contribution in [1.29, 1.82) is 0 Å². The topological polar surface area (TPSA) is 88.3 Å². The Morgan fingerprint density at radius 3 is 2.94 bits per heavy atom. The van der Waals surface area contributed by atoms with Crippen LogP contribution in [0.15, 0.2) is 18.5 Å². The minimum absolute atomic E-state index is 0.0835. The minimum atomic E-state index is -0.869. The molecule has 0 amide bonds. The number of aliphatic hydroxyl groups is 1. The van der Waals surface area contributed by atoms with E-state index in [1.165, 1.54) is 18.5 Å². The van der Waals surface area contributed by atoms with Gasteiger partial charge in [-0.15, -0.1) is 0 Å². The van der Waals surface area contributed by atoms with Crippen molar-refractivity contribution in [3.63, 3.8) is 0 Å². The molecule has 2 N–H and O–H groups in total. The van der Waals surface area contributed by atoms with Crippen LogP contribution < -0.4 is 5.32 Å². The van der Waals surface area contributed by atoms with Crippen LogP contribution in [0.25, 0.3) is 0 Å². The monoisotopic (exact) mass is 239 g/mol. The van der Waals surface area contributed by atoms with E-state index in [4.69, 9.17) is 0 Å². The number of nitro groups is 1. The van der Waals surface area contributed by atoms with E-state index in [9.17, 15) is 15.2 Å². The average molecular weight is 239 g/mol. The molecule has 0 radical (unpaired) electrons. The summed E-state index contributed by atoms with van der Waals surface area (Å²) in [5.41, 5.74) is -0.576. The fraction of sp³-hybridized carbons (Fsp3) is 0.545. The second-order valence-electron chi connectivity index (χ2n) is 4.25. The fourth-order valence-corrected chi connectivity index (χ4v) is 1.59. The third-order valence-corrected chi connectivity index (χ3v) is 2.44. The Kier molecular flexibility index (Phi) is 4.39. The minimum Gasteiger partial charge on any atom is -0.388 e. The van der Waals surface area contributed by atoms with E-state index >= 15 is 0 Å². The second-order valence-corrected chi connectivity index (χ2v) is 4.25. The van der Waals surface area contributed by atoms with Crippen LogP contribution in [0.4, 0.5) is 11.4 Å². The van der Waals surface area contributed by atoms with Gasteiger partial charge >= 0.3 is 5.69 Å². The van der Waals surface area contributed by atoms with Gasteiger partial charge in [0.1, 0.15) is 11.9 Å². The zero-order valence-corrected chi connectivity index (χ0v) is 10.0. The average Bonchev–Trinajstić information content (AvgIpc) is 2.27. The highest BCUT2D eigenvalue weighted by Gasteiger charge is 2.21. The summed E-state index contributed by atoms with van der Waals surface area (Å²) in [7, 11) is 0. The van der Waals surface area contributed by atoms with Gasteiger partial charge in [-0.05, 0) is 19.4 Å². The molecule has 0 fully saturated rings. The number of rotatable bonds is 6. The lowest BCUT2D eigenvalue weighted by Crippen LogP contribution is -2.33. The Labute approximate surface area is 99.8 Å². The Morgan fingerprint density at radius 2 is 2.35 bits per heavy atom. The van der Waals surface area contributed by atoms with Gasteiger partial charge in [-0.1, -0.05) is 13.3 Å². The molecule has 1 rings (SSSR count). The van der Waals surface area contributed by atoms with Crippen molar-refractivity contribution < 1.29 is 10.0 Å². The first kappa shape index (κ1) is 13.4. The molecule has 0 aliphatic rings. The van der Waals surface area contributed by atoms with E-state index in [1.807, 2.05) is 6.92 Å². The van der Waals surface area contributed by atoms with E-state index < -0.39 is 10.5 Å². The van der Waals surface area contributed by atoms with Gasteiger partial charge in [0, 0.05) is 12.7 Å². The third kappa shape index (κ3) is 3.99. The molecule has 0 aliphatic carbocycles. The number of pyridine rings is 1. The maximum atomic E-state index is 10.7. The number of aromatic nitrogens is 1. The van der Waals surface area contributed by atoms with E-state index in [-0.39, 0.29) is 12.2 Å². The van der Waals surface area contributed by atoms with Crippen molar-refractivity contribution in [2.24, 2.45) is 0 Å². The van der Waals surface area contributed by atoms with Crippen molar-refractivity contribution >= 4 is 11.4 Å².